The standard InChI is InChI=1S/C53H52N4O10/c1-33(13-11-19-43-34(2)39-29-37(35-15-7-5-8-16-35)21-23-44(39)56(43)27-25-47(58)54-41(51(64)65)31-49(60)61)14-12-20-46-53(3,4)40-30-38(36-17-9-6-10-18-36)22-24-45(40)57(46)28-26-48(59)55-42(52(66)67)32-50(62)63/h5-24,29-30,41-42H,2,25-28,31-32H2,1,3-4H3,(H5-,54,55,58,59,60,61,62,63,64,65,66,67)/p+1. The van der Waals surface area contributed by atoms with Crippen molar-refractivity contribution in [2.75, 3.05) is 6.54 Å². The summed E-state index contributed by atoms with van der Waals surface area (Å²) in [7, 11) is 0. The molecule has 0 radical (unpaired) electrons. The van der Waals surface area contributed by atoms with E-state index < -0.39 is 66.0 Å². The summed E-state index contributed by atoms with van der Waals surface area (Å²) in [4.78, 5) is 71.8. The smallest absolute Gasteiger partial charge is 0.326 e. The van der Waals surface area contributed by atoms with E-state index in [4.69, 9.17) is 10.2 Å². The zero-order chi connectivity index (χ0) is 48.4. The van der Waals surface area contributed by atoms with Gasteiger partial charge in [-0.1, -0.05) is 103 Å². The highest BCUT2D eigenvalue weighted by Gasteiger charge is 2.44. The fourth-order valence-corrected chi connectivity index (χ4v) is 8.26. The molecule has 0 bridgehead atoms. The van der Waals surface area contributed by atoms with Crippen LogP contribution in [0.4, 0.5) is 5.69 Å². The van der Waals surface area contributed by atoms with Crippen LogP contribution in [-0.2, 0) is 40.7 Å². The van der Waals surface area contributed by atoms with Crippen molar-refractivity contribution >= 4 is 70.6 Å². The molecular formula is C53H53N4O10+. The number of carbonyl (C=O) groups is 6. The second kappa shape index (κ2) is 21.2. The highest BCUT2D eigenvalue weighted by atomic mass is 16.4. The molecule has 2 unspecified atom stereocenters. The SMILES string of the molecule is C=c1\c(=C/C=C/C(C)=C/C=C/C2=[N+](CCC(=O)NC(CC(=O)O)C(=O)O)c3ccc(-c4ccccc4)cc3C2(C)C)n(CCC(=O)NC(CC(=O)O)C(=O)O)c2ccc(-c3ccccc3)cc12. The van der Waals surface area contributed by atoms with Crippen LogP contribution in [0.1, 0.15) is 52.0 Å². The van der Waals surface area contributed by atoms with Crippen molar-refractivity contribution in [3.05, 3.63) is 149 Å². The summed E-state index contributed by atoms with van der Waals surface area (Å²) in [6.07, 6.45) is 9.80. The summed E-state index contributed by atoms with van der Waals surface area (Å²) in [6.45, 7) is 10.9. The number of hydrogen-bond donors (Lipinski definition) is 6. The minimum atomic E-state index is -1.57. The van der Waals surface area contributed by atoms with E-state index in [1.54, 1.807) is 0 Å². The van der Waals surface area contributed by atoms with E-state index in [2.05, 4.69) is 37.1 Å². The van der Waals surface area contributed by atoms with Crippen LogP contribution in [-0.4, -0.2) is 89.6 Å². The molecule has 2 heterocycles. The Kier molecular flexibility index (Phi) is 15.3. The number of benzene rings is 4. The normalized spacial score (nSPS) is 14.6. The number of aromatic nitrogens is 1. The predicted molar refractivity (Wildman–Crippen MR) is 256 cm³/mol. The molecule has 1 aliphatic rings. The first-order valence-electron chi connectivity index (χ1n) is 21.7. The Bertz CT molecular complexity index is 2980. The van der Waals surface area contributed by atoms with Crippen molar-refractivity contribution in [1.29, 1.82) is 0 Å². The van der Waals surface area contributed by atoms with Crippen LogP contribution in [0.2, 0.25) is 0 Å². The Morgan fingerprint density at radius 1 is 0.716 bits per heavy atom. The molecule has 0 aliphatic carbocycles. The van der Waals surface area contributed by atoms with Crippen molar-refractivity contribution < 1.29 is 53.8 Å². The third-order valence-corrected chi connectivity index (χ3v) is 11.7. The lowest BCUT2D eigenvalue weighted by Crippen LogP contribution is -2.42. The first-order valence-corrected chi connectivity index (χ1v) is 21.7. The number of hydrogen-bond acceptors (Lipinski definition) is 6. The van der Waals surface area contributed by atoms with Gasteiger partial charge in [0.2, 0.25) is 17.5 Å². The highest BCUT2D eigenvalue weighted by molar-refractivity contribution is 6.03. The molecule has 0 spiro atoms. The Morgan fingerprint density at radius 2 is 1.27 bits per heavy atom. The molecule has 344 valence electrons. The largest absolute Gasteiger partial charge is 0.481 e. The van der Waals surface area contributed by atoms with Crippen LogP contribution in [0.3, 0.4) is 0 Å². The molecule has 2 atom stereocenters. The summed E-state index contributed by atoms with van der Waals surface area (Å²) < 4.78 is 3.97. The maximum atomic E-state index is 13.0. The highest BCUT2D eigenvalue weighted by Crippen LogP contribution is 2.42. The van der Waals surface area contributed by atoms with E-state index in [9.17, 15) is 39.0 Å². The van der Waals surface area contributed by atoms with Gasteiger partial charge in [-0.25, -0.2) is 9.59 Å². The van der Waals surface area contributed by atoms with Crippen LogP contribution in [0.5, 0.6) is 0 Å². The van der Waals surface area contributed by atoms with E-state index in [0.29, 0.717) is 0 Å². The lowest BCUT2D eigenvalue weighted by molar-refractivity contribution is -0.436. The Morgan fingerprint density at radius 3 is 1.84 bits per heavy atom. The van der Waals surface area contributed by atoms with Crippen molar-refractivity contribution in [3.8, 4) is 22.3 Å². The van der Waals surface area contributed by atoms with Crippen molar-refractivity contribution in [3.63, 3.8) is 0 Å². The number of aryl methyl sites for hydroxylation is 1. The summed E-state index contributed by atoms with van der Waals surface area (Å²) in [5.41, 5.74) is 8.06. The van der Waals surface area contributed by atoms with Crippen LogP contribution in [0, 0.1) is 0 Å². The maximum absolute atomic E-state index is 13.0. The van der Waals surface area contributed by atoms with E-state index in [1.165, 1.54) is 0 Å². The predicted octanol–water partition coefficient (Wildman–Crippen LogP) is 6.17. The first-order chi connectivity index (χ1) is 31.9. The molecule has 14 nitrogen and oxygen atoms in total. The molecule has 5 aromatic rings. The number of carbonyl (C=O) groups excluding carboxylic acids is 2. The second-order valence-electron chi connectivity index (χ2n) is 16.8. The van der Waals surface area contributed by atoms with E-state index in [1.807, 2.05) is 144 Å². The van der Waals surface area contributed by atoms with E-state index in [0.717, 1.165) is 66.3 Å². The van der Waals surface area contributed by atoms with Crippen molar-refractivity contribution in [1.82, 2.24) is 15.2 Å². The number of rotatable bonds is 20. The molecular weight excluding hydrogens is 853 g/mol. The van der Waals surface area contributed by atoms with Gasteiger partial charge in [-0.15, -0.1) is 0 Å². The summed E-state index contributed by atoms with van der Waals surface area (Å²) in [5.74, 6) is -6.75. The number of amides is 2. The minimum Gasteiger partial charge on any atom is -0.481 e. The maximum Gasteiger partial charge on any atom is 0.326 e. The van der Waals surface area contributed by atoms with Gasteiger partial charge in [0.15, 0.2) is 12.3 Å². The van der Waals surface area contributed by atoms with Crippen LogP contribution < -0.4 is 21.2 Å². The molecule has 0 saturated heterocycles. The first kappa shape index (κ1) is 48.3. The third-order valence-electron chi connectivity index (χ3n) is 11.7. The molecule has 14 heteroatoms. The molecule has 1 aliphatic heterocycles. The number of fused-ring (bicyclic) bond motifs is 2. The van der Waals surface area contributed by atoms with Crippen LogP contribution >= 0.6 is 0 Å². The monoisotopic (exact) mass is 905 g/mol. The topological polar surface area (TPSA) is 215 Å². The molecule has 6 N–H and O–H groups in total. The number of nitrogens with zero attached hydrogens (tertiary/aromatic N) is 2. The summed E-state index contributed by atoms with van der Waals surface area (Å²) in [6, 6.07) is 28.9. The number of aliphatic carboxylic acids is 4. The van der Waals surface area contributed by atoms with Gasteiger partial charge in [0.1, 0.15) is 12.1 Å². The Balaban J connectivity index is 1.30. The minimum absolute atomic E-state index is 0.0963. The van der Waals surface area contributed by atoms with Gasteiger partial charge in [-0.2, -0.15) is 4.58 Å². The Labute approximate surface area is 386 Å². The van der Waals surface area contributed by atoms with Crippen molar-refractivity contribution in [2.24, 2.45) is 0 Å². The van der Waals surface area contributed by atoms with E-state index >= 15 is 0 Å². The van der Waals surface area contributed by atoms with Crippen LogP contribution in [0.25, 0.3) is 45.8 Å². The summed E-state index contributed by atoms with van der Waals surface area (Å²) in [5, 5.41) is 44.3. The molecule has 0 saturated carbocycles. The number of allylic oxidation sites excluding steroid dienone is 6. The van der Waals surface area contributed by atoms with Gasteiger partial charge in [0.25, 0.3) is 0 Å². The van der Waals surface area contributed by atoms with Gasteiger partial charge >= 0.3 is 23.9 Å². The fourth-order valence-electron chi connectivity index (χ4n) is 8.26. The lowest BCUT2D eigenvalue weighted by atomic mass is 9.80. The molecule has 4 aromatic carbocycles. The van der Waals surface area contributed by atoms with Gasteiger partial charge in [0, 0.05) is 52.1 Å². The molecule has 2 amide bonds. The lowest BCUT2D eigenvalue weighted by Gasteiger charge is -2.16. The molecule has 6 rings (SSSR count). The number of carboxylic acids is 4. The Hall–Kier alpha value is -8.13. The second-order valence-corrected chi connectivity index (χ2v) is 16.8. The van der Waals surface area contributed by atoms with Gasteiger partial charge in [-0.05, 0) is 73.4 Å². The zero-order valence-corrected chi connectivity index (χ0v) is 37.4. The molecule has 67 heavy (non-hydrogen) atoms. The van der Waals surface area contributed by atoms with Crippen molar-refractivity contribution in [2.45, 2.75) is 70.5 Å². The fraction of sp³-hybridized carbons (Fsp3) is 0.226. The van der Waals surface area contributed by atoms with Gasteiger partial charge < -0.3 is 35.6 Å². The average Bonchev–Trinajstić information content (AvgIpc) is 3.68. The zero-order valence-electron chi connectivity index (χ0n) is 37.4. The van der Waals surface area contributed by atoms with Gasteiger partial charge in [-0.3, -0.25) is 19.2 Å². The van der Waals surface area contributed by atoms with Gasteiger partial charge in [0.05, 0.1) is 24.7 Å². The summed E-state index contributed by atoms with van der Waals surface area (Å²) >= 11 is 0. The molecule has 0 fully saturated rings. The third kappa shape index (κ3) is 11.8. The number of carboxylic acid groups (broad SMARTS) is 4. The quantitative estimate of drug-likeness (QED) is 0.0386. The average molecular weight is 906 g/mol. The van der Waals surface area contributed by atoms with E-state index in [-0.39, 0.29) is 25.9 Å². The number of nitrogens with one attached hydrogen (secondary N) is 2. The van der Waals surface area contributed by atoms with Crippen LogP contribution in [0.15, 0.2) is 133 Å². The molecule has 1 aromatic heterocycles.